The summed E-state index contributed by atoms with van der Waals surface area (Å²) in [5.74, 6) is -11.5. The lowest BCUT2D eigenvalue weighted by Crippen LogP contribution is -2.17. The zero-order valence-corrected chi connectivity index (χ0v) is 12.1. The van der Waals surface area contributed by atoms with Gasteiger partial charge in [-0.25, -0.2) is 13.2 Å². The molecule has 0 aliphatic carbocycles. The Morgan fingerprint density at radius 2 is 1.48 bits per heavy atom. The van der Waals surface area contributed by atoms with E-state index in [1.165, 1.54) is 0 Å². The third-order valence-corrected chi connectivity index (χ3v) is 3.91. The first kappa shape index (κ1) is 17.0. The fraction of sp³-hybridized carbons (Fsp3) is 0.0769. The minimum absolute atomic E-state index is 0.601. The van der Waals surface area contributed by atoms with Gasteiger partial charge in [0.25, 0.3) is 0 Å². The Kier molecular flexibility index (Phi) is 4.46. The van der Waals surface area contributed by atoms with Crippen LogP contribution in [0.3, 0.4) is 0 Å². The van der Waals surface area contributed by atoms with E-state index in [0.29, 0.717) is 6.07 Å². The van der Waals surface area contributed by atoms with E-state index in [1.54, 1.807) is 0 Å². The molecule has 0 fully saturated rings. The molecule has 23 heavy (non-hydrogen) atoms. The van der Waals surface area contributed by atoms with Crippen molar-refractivity contribution in [1.82, 2.24) is 0 Å². The van der Waals surface area contributed by atoms with Gasteiger partial charge in [-0.2, -0.15) is 17.2 Å². The van der Waals surface area contributed by atoms with Crippen molar-refractivity contribution >= 4 is 10.1 Å². The van der Waals surface area contributed by atoms with Crippen molar-refractivity contribution in [2.24, 2.45) is 0 Å². The van der Waals surface area contributed by atoms with E-state index in [2.05, 4.69) is 8.92 Å². The van der Waals surface area contributed by atoms with Crippen molar-refractivity contribution in [3.05, 3.63) is 53.4 Å². The molecule has 0 atom stereocenters. The van der Waals surface area contributed by atoms with Gasteiger partial charge in [0.2, 0.25) is 11.6 Å². The van der Waals surface area contributed by atoms with Crippen molar-refractivity contribution < 1.29 is 39.3 Å². The Hall–Kier alpha value is -2.36. The molecular weight excluding hydrogens is 347 g/mol. The second-order valence-electron chi connectivity index (χ2n) is 4.11. The number of benzene rings is 2. The van der Waals surface area contributed by atoms with Gasteiger partial charge in [-0.1, -0.05) is 6.07 Å². The van der Waals surface area contributed by atoms with Crippen LogP contribution in [0.2, 0.25) is 0 Å². The van der Waals surface area contributed by atoms with Crippen molar-refractivity contribution in [3.63, 3.8) is 0 Å². The summed E-state index contributed by atoms with van der Waals surface area (Å²) >= 11 is 0. The normalized spacial score (nSPS) is 11.4. The predicted molar refractivity (Wildman–Crippen MR) is 67.0 cm³/mol. The van der Waals surface area contributed by atoms with Gasteiger partial charge in [-0.15, -0.1) is 0 Å². The van der Waals surface area contributed by atoms with Crippen LogP contribution in [0.1, 0.15) is 0 Å². The van der Waals surface area contributed by atoms with Crippen LogP contribution in [0.25, 0.3) is 0 Å². The minimum Gasteiger partial charge on any atom is -0.491 e. The highest BCUT2D eigenvalue weighted by Gasteiger charge is 2.35. The molecule has 0 aliphatic heterocycles. The van der Waals surface area contributed by atoms with Crippen LogP contribution in [-0.2, 0) is 10.1 Å². The molecule has 0 saturated carbocycles. The highest BCUT2D eigenvalue weighted by atomic mass is 32.2. The Morgan fingerprint density at radius 1 is 0.913 bits per heavy atom. The Morgan fingerprint density at radius 3 is 1.96 bits per heavy atom. The topological polar surface area (TPSA) is 52.6 Å². The monoisotopic (exact) mass is 354 g/mol. The van der Waals surface area contributed by atoms with Crippen LogP contribution in [0, 0.1) is 29.1 Å². The summed E-state index contributed by atoms with van der Waals surface area (Å²) in [6.45, 7) is 0. The maximum atomic E-state index is 13.8. The molecule has 0 unspecified atom stereocenters. The van der Waals surface area contributed by atoms with Crippen LogP contribution in [-0.4, -0.2) is 15.5 Å². The van der Waals surface area contributed by atoms with Crippen molar-refractivity contribution in [2.75, 3.05) is 7.11 Å². The molecule has 0 heterocycles. The number of halogens is 5. The summed E-state index contributed by atoms with van der Waals surface area (Å²) in [5, 5.41) is 0. The Balaban J connectivity index is 2.61. The zero-order chi connectivity index (χ0) is 17.4. The van der Waals surface area contributed by atoms with Gasteiger partial charge >= 0.3 is 10.1 Å². The quantitative estimate of drug-likeness (QED) is 0.481. The minimum atomic E-state index is -5.31. The van der Waals surface area contributed by atoms with Crippen LogP contribution in [0.15, 0.2) is 29.2 Å². The summed E-state index contributed by atoms with van der Waals surface area (Å²) in [5.41, 5.74) is 0. The predicted octanol–water partition coefficient (Wildman–Crippen LogP) is 3.16. The molecule has 0 saturated heterocycles. The summed E-state index contributed by atoms with van der Waals surface area (Å²) in [4.78, 5) is -1.99. The number of ether oxygens (including phenoxy) is 1. The molecule has 4 nitrogen and oxygen atoms in total. The molecule has 124 valence electrons. The van der Waals surface area contributed by atoms with Gasteiger partial charge in [0.15, 0.2) is 22.3 Å². The largest absolute Gasteiger partial charge is 0.491 e. The van der Waals surface area contributed by atoms with E-state index in [1.807, 2.05) is 0 Å². The Bertz CT molecular complexity index is 838. The molecule has 0 amide bonds. The molecule has 0 radical (unpaired) electrons. The fourth-order valence-electron chi connectivity index (χ4n) is 1.68. The van der Waals surface area contributed by atoms with Crippen molar-refractivity contribution in [1.29, 1.82) is 0 Å². The molecule has 2 rings (SSSR count). The Labute approximate surface area is 127 Å². The van der Waals surface area contributed by atoms with Gasteiger partial charge in [0.05, 0.1) is 7.11 Å². The standard InChI is InChI=1S/C13H7F5O4S/c1-21-12-8(15)10(17)13(11(18)9(12)16)23(19,20)22-7-4-2-3-6(14)5-7/h2-5H,1H3. The lowest BCUT2D eigenvalue weighted by molar-refractivity contribution is 0.320. The van der Waals surface area contributed by atoms with E-state index in [9.17, 15) is 30.4 Å². The molecule has 0 spiro atoms. The first-order chi connectivity index (χ1) is 10.7. The second kappa shape index (κ2) is 6.03. The van der Waals surface area contributed by atoms with Gasteiger partial charge < -0.3 is 8.92 Å². The maximum absolute atomic E-state index is 13.8. The van der Waals surface area contributed by atoms with Crippen LogP contribution in [0.4, 0.5) is 22.0 Å². The summed E-state index contributed by atoms with van der Waals surface area (Å²) in [6, 6.07) is 3.58. The highest BCUT2D eigenvalue weighted by molar-refractivity contribution is 7.87. The molecule has 0 N–H and O–H groups in total. The van der Waals surface area contributed by atoms with E-state index in [0.717, 1.165) is 25.3 Å². The first-order valence-corrected chi connectivity index (χ1v) is 7.20. The second-order valence-corrected chi connectivity index (χ2v) is 5.60. The number of hydrogen-bond acceptors (Lipinski definition) is 4. The van der Waals surface area contributed by atoms with Gasteiger partial charge in [0.1, 0.15) is 11.6 Å². The molecule has 2 aromatic rings. The molecule has 10 heteroatoms. The molecular formula is C13H7F5O4S. The van der Waals surface area contributed by atoms with E-state index < -0.39 is 55.6 Å². The maximum Gasteiger partial charge on any atom is 0.345 e. The molecule has 0 aromatic heterocycles. The molecule has 0 bridgehead atoms. The third kappa shape index (κ3) is 3.07. The van der Waals surface area contributed by atoms with Crippen LogP contribution < -0.4 is 8.92 Å². The van der Waals surface area contributed by atoms with E-state index >= 15 is 0 Å². The number of methoxy groups -OCH3 is 1. The smallest absolute Gasteiger partial charge is 0.345 e. The third-order valence-electron chi connectivity index (χ3n) is 2.64. The lowest BCUT2D eigenvalue weighted by Gasteiger charge is -2.12. The summed E-state index contributed by atoms with van der Waals surface area (Å²) < 4.78 is 99.8. The van der Waals surface area contributed by atoms with E-state index in [4.69, 9.17) is 0 Å². The number of hydrogen-bond donors (Lipinski definition) is 0. The van der Waals surface area contributed by atoms with Crippen LogP contribution in [0.5, 0.6) is 11.5 Å². The molecule has 2 aromatic carbocycles. The average molecular weight is 354 g/mol. The average Bonchev–Trinajstić information content (AvgIpc) is 2.45. The SMILES string of the molecule is COc1c(F)c(F)c(S(=O)(=O)Oc2cccc(F)c2)c(F)c1F. The van der Waals surface area contributed by atoms with Gasteiger partial charge in [-0.3, -0.25) is 0 Å². The van der Waals surface area contributed by atoms with Gasteiger partial charge in [-0.05, 0) is 12.1 Å². The van der Waals surface area contributed by atoms with Crippen molar-refractivity contribution in [2.45, 2.75) is 4.90 Å². The van der Waals surface area contributed by atoms with Gasteiger partial charge in [0, 0.05) is 6.07 Å². The van der Waals surface area contributed by atoms with Crippen molar-refractivity contribution in [3.8, 4) is 11.5 Å². The summed E-state index contributed by atoms with van der Waals surface area (Å²) in [6.07, 6.45) is 0. The first-order valence-electron chi connectivity index (χ1n) is 5.79. The summed E-state index contributed by atoms with van der Waals surface area (Å²) in [7, 11) is -4.58. The number of rotatable bonds is 4. The zero-order valence-electron chi connectivity index (χ0n) is 11.2. The fourth-order valence-corrected chi connectivity index (χ4v) is 2.74. The highest BCUT2D eigenvalue weighted by Crippen LogP contribution is 2.33. The van der Waals surface area contributed by atoms with Crippen LogP contribution >= 0.6 is 0 Å². The van der Waals surface area contributed by atoms with E-state index in [-0.39, 0.29) is 0 Å². The molecule has 0 aliphatic rings. The lowest BCUT2D eigenvalue weighted by atomic mass is 10.3.